The summed E-state index contributed by atoms with van der Waals surface area (Å²) in [6.45, 7) is 4.14. The van der Waals surface area contributed by atoms with Crippen LogP contribution in [0.4, 0.5) is 0 Å². The van der Waals surface area contributed by atoms with E-state index >= 15 is 0 Å². The van der Waals surface area contributed by atoms with Crippen molar-refractivity contribution >= 4 is 9.84 Å². The molecule has 17 heavy (non-hydrogen) atoms. The predicted octanol–water partition coefficient (Wildman–Crippen LogP) is 0.570. The van der Waals surface area contributed by atoms with Crippen molar-refractivity contribution < 1.29 is 8.42 Å². The normalized spacial score (nSPS) is 23.0. The van der Waals surface area contributed by atoms with Crippen LogP contribution >= 0.6 is 0 Å². The minimum Gasteiger partial charge on any atom is -0.311 e. The van der Waals surface area contributed by atoms with Gasteiger partial charge in [-0.15, -0.1) is 0 Å². The van der Waals surface area contributed by atoms with Gasteiger partial charge in [0.2, 0.25) is 0 Å². The molecular formula is C11H19N3O2S. The first kappa shape index (κ1) is 12.6. The predicted molar refractivity (Wildman–Crippen MR) is 66.4 cm³/mol. The highest BCUT2D eigenvalue weighted by atomic mass is 32.2. The molecule has 0 spiro atoms. The third-order valence-corrected chi connectivity index (χ3v) is 5.45. The van der Waals surface area contributed by atoms with Gasteiger partial charge in [-0.1, -0.05) is 0 Å². The van der Waals surface area contributed by atoms with E-state index in [1.54, 1.807) is 0 Å². The Bertz CT molecular complexity index is 467. The molecule has 0 amide bonds. The first-order valence-corrected chi connectivity index (χ1v) is 7.77. The molecule has 96 valence electrons. The van der Waals surface area contributed by atoms with Gasteiger partial charge < -0.3 is 5.32 Å². The zero-order chi connectivity index (χ0) is 12.3. The van der Waals surface area contributed by atoms with E-state index in [0.29, 0.717) is 18.8 Å². The number of nitrogens with one attached hydrogen (secondary N) is 1. The lowest BCUT2D eigenvalue weighted by Gasteiger charge is -2.09. The van der Waals surface area contributed by atoms with E-state index in [-0.39, 0.29) is 5.25 Å². The summed E-state index contributed by atoms with van der Waals surface area (Å²) >= 11 is 0. The molecule has 1 unspecified atom stereocenters. The Kier molecular flexibility index (Phi) is 3.83. The lowest BCUT2D eigenvalue weighted by Crippen LogP contribution is -2.30. The summed E-state index contributed by atoms with van der Waals surface area (Å²) in [5.41, 5.74) is 1.10. The zero-order valence-corrected chi connectivity index (χ0v) is 10.9. The van der Waals surface area contributed by atoms with E-state index in [1.807, 2.05) is 24.0 Å². The first-order chi connectivity index (χ1) is 8.12. The molecule has 1 atom stereocenters. The maximum atomic E-state index is 11.6. The SMILES string of the molecule is CCn1cc(CNCC2CCCS2(=O)=O)cn1. The highest BCUT2D eigenvalue weighted by Gasteiger charge is 2.30. The molecule has 2 rings (SSSR count). The fourth-order valence-corrected chi connectivity index (χ4v) is 3.94. The number of hydrogen-bond acceptors (Lipinski definition) is 4. The maximum absolute atomic E-state index is 11.6. The van der Waals surface area contributed by atoms with Crippen molar-refractivity contribution in [2.45, 2.75) is 38.1 Å². The smallest absolute Gasteiger partial charge is 0.154 e. The fourth-order valence-electron chi connectivity index (χ4n) is 2.14. The van der Waals surface area contributed by atoms with Crippen LogP contribution in [0.3, 0.4) is 0 Å². The van der Waals surface area contributed by atoms with Crippen LogP contribution in [0.2, 0.25) is 0 Å². The summed E-state index contributed by atoms with van der Waals surface area (Å²) in [7, 11) is -2.82. The average Bonchev–Trinajstić information content (AvgIpc) is 2.86. The Morgan fingerprint density at radius 3 is 3.00 bits per heavy atom. The van der Waals surface area contributed by atoms with Crippen LogP contribution in [0.25, 0.3) is 0 Å². The Morgan fingerprint density at radius 2 is 2.41 bits per heavy atom. The highest BCUT2D eigenvalue weighted by molar-refractivity contribution is 7.92. The molecule has 0 aliphatic carbocycles. The molecule has 1 N–H and O–H groups in total. The third kappa shape index (κ3) is 3.07. The van der Waals surface area contributed by atoms with Gasteiger partial charge in [-0.2, -0.15) is 5.10 Å². The van der Waals surface area contributed by atoms with Crippen molar-refractivity contribution in [2.75, 3.05) is 12.3 Å². The Labute approximate surface area is 102 Å². The van der Waals surface area contributed by atoms with Gasteiger partial charge in [0.1, 0.15) is 0 Å². The van der Waals surface area contributed by atoms with E-state index in [4.69, 9.17) is 0 Å². The molecule has 1 aromatic rings. The standard InChI is InChI=1S/C11H19N3O2S/c1-2-14-9-10(7-13-14)6-12-8-11-4-3-5-17(11,15)16/h7,9,11-12H,2-6,8H2,1H3. The van der Waals surface area contributed by atoms with Gasteiger partial charge in [0.05, 0.1) is 17.2 Å². The third-order valence-electron chi connectivity index (χ3n) is 3.17. The van der Waals surface area contributed by atoms with Gasteiger partial charge in [-0.25, -0.2) is 8.42 Å². The van der Waals surface area contributed by atoms with Gasteiger partial charge in [0.15, 0.2) is 9.84 Å². The second kappa shape index (κ2) is 5.18. The number of rotatable bonds is 5. The fraction of sp³-hybridized carbons (Fsp3) is 0.727. The van der Waals surface area contributed by atoms with Gasteiger partial charge >= 0.3 is 0 Å². The lowest BCUT2D eigenvalue weighted by atomic mass is 10.2. The van der Waals surface area contributed by atoms with Gasteiger partial charge in [-0.3, -0.25) is 4.68 Å². The van der Waals surface area contributed by atoms with Crippen LogP contribution in [0.15, 0.2) is 12.4 Å². The molecule has 0 saturated carbocycles. The Hall–Kier alpha value is -0.880. The highest BCUT2D eigenvalue weighted by Crippen LogP contribution is 2.19. The number of aromatic nitrogens is 2. The zero-order valence-electron chi connectivity index (χ0n) is 10.1. The monoisotopic (exact) mass is 257 g/mol. The number of hydrogen-bond donors (Lipinski definition) is 1. The summed E-state index contributed by atoms with van der Waals surface area (Å²) < 4.78 is 25.1. The van der Waals surface area contributed by atoms with Crippen LogP contribution in [-0.2, 0) is 22.9 Å². The molecular weight excluding hydrogens is 238 g/mol. The van der Waals surface area contributed by atoms with Crippen molar-refractivity contribution in [1.29, 1.82) is 0 Å². The van der Waals surface area contributed by atoms with E-state index in [2.05, 4.69) is 10.4 Å². The van der Waals surface area contributed by atoms with Crippen LogP contribution < -0.4 is 5.32 Å². The van der Waals surface area contributed by atoms with E-state index in [9.17, 15) is 8.42 Å². The van der Waals surface area contributed by atoms with E-state index in [0.717, 1.165) is 24.9 Å². The quantitative estimate of drug-likeness (QED) is 0.837. The van der Waals surface area contributed by atoms with Gasteiger partial charge in [-0.05, 0) is 19.8 Å². The molecule has 2 heterocycles. The van der Waals surface area contributed by atoms with Crippen LogP contribution in [0.1, 0.15) is 25.3 Å². The minimum absolute atomic E-state index is 0.191. The molecule has 1 aromatic heterocycles. The molecule has 5 nitrogen and oxygen atoms in total. The molecule has 1 aliphatic rings. The summed E-state index contributed by atoms with van der Waals surface area (Å²) in [4.78, 5) is 0. The minimum atomic E-state index is -2.82. The summed E-state index contributed by atoms with van der Waals surface area (Å²) in [6, 6.07) is 0. The molecule has 1 fully saturated rings. The van der Waals surface area contributed by atoms with Crippen LogP contribution in [-0.4, -0.2) is 35.7 Å². The van der Waals surface area contributed by atoms with Crippen molar-refractivity contribution in [3.63, 3.8) is 0 Å². The van der Waals surface area contributed by atoms with Crippen molar-refractivity contribution in [3.05, 3.63) is 18.0 Å². The molecule has 1 saturated heterocycles. The first-order valence-electron chi connectivity index (χ1n) is 6.05. The number of sulfone groups is 1. The molecule has 0 bridgehead atoms. The number of nitrogens with zero attached hydrogens (tertiary/aromatic N) is 2. The second-order valence-corrected chi connectivity index (χ2v) is 6.87. The van der Waals surface area contributed by atoms with E-state index < -0.39 is 9.84 Å². The van der Waals surface area contributed by atoms with Crippen molar-refractivity contribution in [3.8, 4) is 0 Å². The van der Waals surface area contributed by atoms with Crippen LogP contribution in [0.5, 0.6) is 0 Å². The van der Waals surface area contributed by atoms with Crippen LogP contribution in [0, 0.1) is 0 Å². The molecule has 0 radical (unpaired) electrons. The maximum Gasteiger partial charge on any atom is 0.154 e. The van der Waals surface area contributed by atoms with Gasteiger partial charge in [0, 0.05) is 31.4 Å². The number of aryl methyl sites for hydroxylation is 1. The molecule has 1 aliphatic heterocycles. The molecule has 6 heteroatoms. The van der Waals surface area contributed by atoms with Crippen molar-refractivity contribution in [2.24, 2.45) is 0 Å². The lowest BCUT2D eigenvalue weighted by molar-refractivity contribution is 0.574. The van der Waals surface area contributed by atoms with Gasteiger partial charge in [0.25, 0.3) is 0 Å². The average molecular weight is 257 g/mol. The summed E-state index contributed by atoms with van der Waals surface area (Å²) in [5.74, 6) is 0.354. The summed E-state index contributed by atoms with van der Waals surface area (Å²) in [5, 5.41) is 7.19. The topological polar surface area (TPSA) is 64.0 Å². The largest absolute Gasteiger partial charge is 0.311 e. The Balaban J connectivity index is 1.80. The Morgan fingerprint density at radius 1 is 1.59 bits per heavy atom. The summed E-state index contributed by atoms with van der Waals surface area (Å²) in [6.07, 6.45) is 5.40. The van der Waals surface area contributed by atoms with Crippen molar-refractivity contribution in [1.82, 2.24) is 15.1 Å². The molecule has 0 aromatic carbocycles. The van der Waals surface area contributed by atoms with E-state index in [1.165, 1.54) is 0 Å². The second-order valence-electron chi connectivity index (χ2n) is 4.47.